The first kappa shape index (κ1) is 14.4. The Morgan fingerprint density at radius 2 is 2.20 bits per heavy atom. The molecule has 1 aromatic carbocycles. The highest BCUT2D eigenvalue weighted by molar-refractivity contribution is 7.16. The lowest BCUT2D eigenvalue weighted by atomic mass is 10.1. The van der Waals surface area contributed by atoms with Gasteiger partial charge in [0.05, 0.1) is 17.9 Å². The molecule has 5 heteroatoms. The van der Waals surface area contributed by atoms with Crippen molar-refractivity contribution in [1.29, 1.82) is 5.26 Å². The second kappa shape index (κ2) is 5.93. The normalized spacial score (nSPS) is 10.6. The van der Waals surface area contributed by atoms with E-state index in [1.165, 1.54) is 11.3 Å². The summed E-state index contributed by atoms with van der Waals surface area (Å²) in [6, 6.07) is 7.52. The maximum atomic E-state index is 9.59. The average Bonchev–Trinajstić information content (AvgIpc) is 2.76. The van der Waals surface area contributed by atoms with Crippen molar-refractivity contribution in [1.82, 2.24) is 4.98 Å². The molecule has 0 saturated heterocycles. The van der Waals surface area contributed by atoms with E-state index in [0.717, 1.165) is 5.56 Å². The van der Waals surface area contributed by atoms with Gasteiger partial charge in [-0.15, -0.1) is 0 Å². The Morgan fingerprint density at radius 1 is 1.45 bits per heavy atom. The molecule has 4 nitrogen and oxygen atoms in total. The van der Waals surface area contributed by atoms with Crippen LogP contribution in [0.3, 0.4) is 0 Å². The number of ether oxygens (including phenoxy) is 1. The third-order valence-corrected chi connectivity index (χ3v) is 3.70. The van der Waals surface area contributed by atoms with Crippen molar-refractivity contribution < 1.29 is 9.84 Å². The van der Waals surface area contributed by atoms with E-state index in [2.05, 4.69) is 24.9 Å². The summed E-state index contributed by atoms with van der Waals surface area (Å²) in [6.45, 7) is 6.44. The highest BCUT2D eigenvalue weighted by Gasteiger charge is 2.11. The summed E-state index contributed by atoms with van der Waals surface area (Å²) in [6.07, 6.45) is 0. The van der Waals surface area contributed by atoms with Gasteiger partial charge in [0, 0.05) is 5.56 Å². The molecule has 0 bridgehead atoms. The maximum absolute atomic E-state index is 9.59. The summed E-state index contributed by atoms with van der Waals surface area (Å²) >= 11 is 1.20. The Balaban J connectivity index is 2.32. The molecule has 2 aromatic rings. The van der Waals surface area contributed by atoms with Crippen LogP contribution in [-0.4, -0.2) is 16.7 Å². The molecule has 0 unspecified atom stereocenters. The topological polar surface area (TPSA) is 66.1 Å². The van der Waals surface area contributed by atoms with Gasteiger partial charge in [-0.25, -0.2) is 4.98 Å². The van der Waals surface area contributed by atoms with E-state index in [-0.39, 0.29) is 5.06 Å². The van der Waals surface area contributed by atoms with E-state index in [1.54, 1.807) is 19.1 Å². The molecule has 0 spiro atoms. The highest BCUT2D eigenvalue weighted by atomic mass is 32.1. The molecule has 0 saturated carbocycles. The first-order valence-electron chi connectivity index (χ1n) is 6.35. The van der Waals surface area contributed by atoms with Gasteiger partial charge in [0.1, 0.15) is 16.8 Å². The van der Waals surface area contributed by atoms with Crippen molar-refractivity contribution in [2.75, 3.05) is 6.61 Å². The number of aryl methyl sites for hydroxylation is 1. The first-order valence-corrected chi connectivity index (χ1v) is 7.16. The predicted octanol–water partition coefficient (Wildman–Crippen LogP) is 3.73. The van der Waals surface area contributed by atoms with Crippen molar-refractivity contribution in [3.63, 3.8) is 0 Å². The number of hydrogen-bond donors (Lipinski definition) is 1. The fourth-order valence-corrected chi connectivity index (χ4v) is 2.45. The summed E-state index contributed by atoms with van der Waals surface area (Å²) in [5, 5.41) is 19.7. The molecule has 0 aliphatic rings. The van der Waals surface area contributed by atoms with Crippen LogP contribution in [-0.2, 0) is 0 Å². The molecule has 1 N–H and O–H groups in total. The van der Waals surface area contributed by atoms with E-state index in [4.69, 9.17) is 4.74 Å². The molecule has 2 rings (SSSR count). The minimum atomic E-state index is 0.207. The number of aromatic hydroxyl groups is 1. The lowest BCUT2D eigenvalue weighted by Crippen LogP contribution is -2.05. The summed E-state index contributed by atoms with van der Waals surface area (Å²) in [5.74, 6) is 0.988. The molecule has 0 aliphatic heterocycles. The minimum absolute atomic E-state index is 0.207. The zero-order valence-electron chi connectivity index (χ0n) is 11.7. The van der Waals surface area contributed by atoms with Gasteiger partial charge in [-0.05, 0) is 31.0 Å². The standard InChI is InChI=1S/C15H16N2O2S/c1-9(2)8-19-13-5-4-11(6-12(13)7-16)14-17-10(3)15(18)20-14/h4-6,9,18H,8H2,1-3H3. The van der Waals surface area contributed by atoms with Crippen molar-refractivity contribution in [2.24, 2.45) is 5.92 Å². The van der Waals surface area contributed by atoms with Crippen molar-refractivity contribution in [3.8, 4) is 27.5 Å². The number of benzene rings is 1. The summed E-state index contributed by atoms with van der Waals surface area (Å²) in [5.41, 5.74) is 1.89. The second-order valence-electron chi connectivity index (χ2n) is 4.94. The van der Waals surface area contributed by atoms with Crippen LogP contribution in [0.15, 0.2) is 18.2 Å². The van der Waals surface area contributed by atoms with Gasteiger partial charge in [-0.2, -0.15) is 5.26 Å². The largest absolute Gasteiger partial charge is 0.498 e. The van der Waals surface area contributed by atoms with Gasteiger partial charge in [-0.1, -0.05) is 25.2 Å². The van der Waals surface area contributed by atoms with Crippen molar-refractivity contribution in [3.05, 3.63) is 29.5 Å². The lowest BCUT2D eigenvalue weighted by molar-refractivity contribution is 0.270. The van der Waals surface area contributed by atoms with E-state index in [0.29, 0.717) is 34.5 Å². The molecule has 104 valence electrons. The van der Waals surface area contributed by atoms with Crippen LogP contribution in [0, 0.1) is 24.2 Å². The van der Waals surface area contributed by atoms with E-state index >= 15 is 0 Å². The average molecular weight is 288 g/mol. The van der Waals surface area contributed by atoms with E-state index in [9.17, 15) is 10.4 Å². The van der Waals surface area contributed by atoms with Gasteiger partial charge < -0.3 is 9.84 Å². The van der Waals surface area contributed by atoms with Crippen LogP contribution in [0.1, 0.15) is 25.1 Å². The third kappa shape index (κ3) is 3.09. The van der Waals surface area contributed by atoms with E-state index in [1.807, 2.05) is 6.07 Å². The van der Waals surface area contributed by atoms with Crippen molar-refractivity contribution >= 4 is 11.3 Å². The second-order valence-corrected chi connectivity index (χ2v) is 5.91. The smallest absolute Gasteiger partial charge is 0.195 e. The first-order chi connectivity index (χ1) is 9.51. The molecule has 0 aliphatic carbocycles. The number of aromatic nitrogens is 1. The SMILES string of the molecule is Cc1nc(-c2ccc(OCC(C)C)c(C#N)c2)sc1O. The van der Waals surface area contributed by atoms with Gasteiger partial charge in [0.25, 0.3) is 0 Å². The molecule has 1 heterocycles. The fraction of sp³-hybridized carbons (Fsp3) is 0.333. The molecular weight excluding hydrogens is 272 g/mol. The van der Waals surface area contributed by atoms with E-state index < -0.39 is 0 Å². The monoisotopic (exact) mass is 288 g/mol. The van der Waals surface area contributed by atoms with Gasteiger partial charge in [-0.3, -0.25) is 0 Å². The number of nitrogens with zero attached hydrogens (tertiary/aromatic N) is 2. The Morgan fingerprint density at radius 3 is 2.75 bits per heavy atom. The van der Waals surface area contributed by atoms with Crippen LogP contribution in [0.4, 0.5) is 0 Å². The van der Waals surface area contributed by atoms with Crippen LogP contribution < -0.4 is 4.74 Å². The molecule has 0 amide bonds. The maximum Gasteiger partial charge on any atom is 0.195 e. The molecular formula is C15H16N2O2S. The van der Waals surface area contributed by atoms with Gasteiger partial charge in [0.2, 0.25) is 0 Å². The quantitative estimate of drug-likeness (QED) is 0.931. The summed E-state index contributed by atoms with van der Waals surface area (Å²) in [7, 11) is 0. The molecule has 20 heavy (non-hydrogen) atoms. The fourth-order valence-electron chi connectivity index (χ4n) is 1.64. The number of thiazole rings is 1. The number of nitriles is 1. The minimum Gasteiger partial charge on any atom is -0.498 e. The predicted molar refractivity (Wildman–Crippen MR) is 79.0 cm³/mol. The molecule has 0 fully saturated rings. The number of rotatable bonds is 4. The number of hydrogen-bond acceptors (Lipinski definition) is 5. The summed E-state index contributed by atoms with van der Waals surface area (Å²) in [4.78, 5) is 4.28. The lowest BCUT2D eigenvalue weighted by Gasteiger charge is -2.10. The van der Waals surface area contributed by atoms with Gasteiger partial charge in [0.15, 0.2) is 5.06 Å². The molecule has 0 atom stereocenters. The van der Waals surface area contributed by atoms with Crippen LogP contribution in [0.25, 0.3) is 10.6 Å². The molecule has 1 aromatic heterocycles. The Bertz CT molecular complexity index is 637. The Labute approximate surface area is 122 Å². The highest BCUT2D eigenvalue weighted by Crippen LogP contribution is 2.34. The zero-order valence-corrected chi connectivity index (χ0v) is 12.5. The Hall–Kier alpha value is -2.06. The Kier molecular flexibility index (Phi) is 4.26. The van der Waals surface area contributed by atoms with Crippen LogP contribution in [0.2, 0.25) is 0 Å². The summed E-state index contributed by atoms with van der Waals surface area (Å²) < 4.78 is 5.62. The molecule has 0 radical (unpaired) electrons. The van der Waals surface area contributed by atoms with Crippen LogP contribution in [0.5, 0.6) is 10.8 Å². The third-order valence-electron chi connectivity index (χ3n) is 2.69. The zero-order chi connectivity index (χ0) is 14.7. The van der Waals surface area contributed by atoms with Gasteiger partial charge >= 0.3 is 0 Å². The van der Waals surface area contributed by atoms with Crippen molar-refractivity contribution in [2.45, 2.75) is 20.8 Å². The van der Waals surface area contributed by atoms with Crippen LogP contribution >= 0.6 is 11.3 Å².